The van der Waals surface area contributed by atoms with Crippen molar-refractivity contribution in [3.8, 4) is 41.2 Å². The number of amides is 1. The molecule has 1 aliphatic carbocycles. The first-order chi connectivity index (χ1) is 25.0. The van der Waals surface area contributed by atoms with Gasteiger partial charge in [0.05, 0.1) is 18.3 Å². The lowest BCUT2D eigenvalue weighted by Crippen LogP contribution is -2.51. The molecule has 13 heteroatoms. The molecule has 4 aliphatic rings. The Morgan fingerprint density at radius 3 is 2.46 bits per heavy atom. The van der Waals surface area contributed by atoms with Crippen LogP contribution in [0.2, 0.25) is 0 Å². The molecule has 2 bridgehead atoms. The zero-order valence-corrected chi connectivity index (χ0v) is 29.7. The largest absolute Gasteiger partial charge is 0.508 e. The normalized spacial score (nSPS) is 21.2. The summed E-state index contributed by atoms with van der Waals surface area (Å²) in [5.41, 5.74) is -0.284. The zero-order chi connectivity index (χ0) is 36.3. The monoisotopic (exact) mass is 711 g/mol. The van der Waals surface area contributed by atoms with E-state index in [1.165, 1.54) is 24.3 Å². The summed E-state index contributed by atoms with van der Waals surface area (Å²) < 4.78 is 45.1. The predicted octanol–water partition coefficient (Wildman–Crippen LogP) is 4.86. The summed E-state index contributed by atoms with van der Waals surface area (Å²) in [5.74, 6) is 1.50. The van der Waals surface area contributed by atoms with Crippen LogP contribution in [0.1, 0.15) is 52.0 Å². The molecule has 4 aromatic rings. The van der Waals surface area contributed by atoms with Crippen LogP contribution in [-0.2, 0) is 4.79 Å². The van der Waals surface area contributed by atoms with Crippen molar-refractivity contribution in [2.75, 3.05) is 57.3 Å². The van der Waals surface area contributed by atoms with Crippen LogP contribution in [0.3, 0.4) is 0 Å². The van der Waals surface area contributed by atoms with Crippen molar-refractivity contribution in [1.82, 2.24) is 30.1 Å². The van der Waals surface area contributed by atoms with Gasteiger partial charge in [0.15, 0.2) is 5.82 Å². The van der Waals surface area contributed by atoms with Gasteiger partial charge in [0.1, 0.15) is 34.0 Å². The Kier molecular flexibility index (Phi) is 8.78. The van der Waals surface area contributed by atoms with E-state index >= 15 is 8.78 Å². The second-order valence-electron chi connectivity index (χ2n) is 15.1. The maximum atomic E-state index is 17.3. The number of benzene rings is 2. The Morgan fingerprint density at radius 1 is 1.08 bits per heavy atom. The summed E-state index contributed by atoms with van der Waals surface area (Å²) in [4.78, 5) is 32.6. The number of fused-ring (bicyclic) bond motifs is 4. The molecule has 4 fully saturated rings. The number of piperazine rings is 2. The smallest absolute Gasteiger partial charge is 0.319 e. The molecule has 2 aromatic carbocycles. The molecule has 1 saturated carbocycles. The molecule has 11 nitrogen and oxygen atoms in total. The minimum absolute atomic E-state index is 0.0451. The first kappa shape index (κ1) is 34.3. The first-order valence-electron chi connectivity index (χ1n) is 18.1. The number of aromatic hydroxyl groups is 1. The molecule has 3 aliphatic heterocycles. The van der Waals surface area contributed by atoms with Gasteiger partial charge in [-0.05, 0) is 63.1 Å². The number of nitrogens with zero attached hydrogens (tertiary/aromatic N) is 6. The average molecular weight is 712 g/mol. The van der Waals surface area contributed by atoms with Crippen molar-refractivity contribution in [1.29, 1.82) is 0 Å². The van der Waals surface area contributed by atoms with Gasteiger partial charge >= 0.3 is 6.01 Å². The zero-order valence-electron chi connectivity index (χ0n) is 29.7. The summed E-state index contributed by atoms with van der Waals surface area (Å²) in [6, 6.07) is 6.05. The number of rotatable bonds is 9. The molecule has 2 N–H and O–H groups in total. The van der Waals surface area contributed by atoms with E-state index in [2.05, 4.69) is 21.0 Å². The summed E-state index contributed by atoms with van der Waals surface area (Å²) >= 11 is 0. The summed E-state index contributed by atoms with van der Waals surface area (Å²) in [5, 5.41) is 15.4. The number of terminal acetylenes is 1. The van der Waals surface area contributed by atoms with E-state index < -0.39 is 11.6 Å². The maximum Gasteiger partial charge on any atom is 0.319 e. The number of nitrogens with one attached hydrogen (secondary N) is 1. The van der Waals surface area contributed by atoms with Crippen molar-refractivity contribution < 1.29 is 28.2 Å². The van der Waals surface area contributed by atoms with Gasteiger partial charge in [-0.25, -0.2) is 13.8 Å². The molecule has 8 rings (SSSR count). The number of ether oxygens (including phenoxy) is 2. The molecular weight excluding hydrogens is 668 g/mol. The van der Waals surface area contributed by atoms with E-state index in [0.29, 0.717) is 49.4 Å². The lowest BCUT2D eigenvalue weighted by atomic mass is 9.95. The van der Waals surface area contributed by atoms with Crippen molar-refractivity contribution in [2.45, 2.75) is 64.6 Å². The Morgan fingerprint density at radius 2 is 1.81 bits per heavy atom. The molecule has 52 heavy (non-hydrogen) atoms. The maximum absolute atomic E-state index is 17.3. The highest BCUT2D eigenvalue weighted by atomic mass is 19.1. The standard InChI is InChI=1S/C39H43F2N7O4/c1-5-28-30(40)9-6-24-16-27(50)17-29(31(24)28)34-33(41)35-32(37(43-34)52-22(2)3)36(48-18-25-7-8-26(19-48)42-25)45-38(44-35)51-21-39(10-11-39)20-46-12-14-47(15-13-46)23(4)49/h1,6,9,16-17,22,25-26,42,50H,7-8,10-15,18-21H2,2-4H3. The number of carbonyl (C=O) groups excluding carboxylic acids is 1. The van der Waals surface area contributed by atoms with Gasteiger partial charge in [0.25, 0.3) is 0 Å². The van der Waals surface area contributed by atoms with Gasteiger partial charge in [0, 0.05) is 81.2 Å². The van der Waals surface area contributed by atoms with Gasteiger partial charge in [-0.2, -0.15) is 9.97 Å². The number of hydrogen-bond acceptors (Lipinski definition) is 10. The second-order valence-corrected chi connectivity index (χ2v) is 15.1. The average Bonchev–Trinajstić information content (AvgIpc) is 3.81. The fourth-order valence-electron chi connectivity index (χ4n) is 8.04. The van der Waals surface area contributed by atoms with Gasteiger partial charge in [-0.1, -0.05) is 12.0 Å². The van der Waals surface area contributed by atoms with Crippen LogP contribution >= 0.6 is 0 Å². The summed E-state index contributed by atoms with van der Waals surface area (Å²) in [6.07, 6.45) is 9.45. The lowest BCUT2D eigenvalue weighted by molar-refractivity contribution is -0.130. The third-order valence-corrected chi connectivity index (χ3v) is 10.9. The Labute approximate surface area is 301 Å². The van der Waals surface area contributed by atoms with E-state index in [1.807, 2.05) is 18.7 Å². The minimum atomic E-state index is -0.790. The SMILES string of the molecule is C#Cc1c(F)ccc2cc(O)cc(-c3nc(OC(C)C)c4c(N5CC6CCC(C5)N6)nc(OCC5(CN6CCN(C(C)=O)CC6)CC5)nc4c3F)c12. The van der Waals surface area contributed by atoms with Gasteiger partial charge < -0.3 is 29.7 Å². The van der Waals surface area contributed by atoms with Crippen molar-refractivity contribution in [2.24, 2.45) is 5.41 Å². The number of halogens is 2. The van der Waals surface area contributed by atoms with Crippen LogP contribution in [0.25, 0.3) is 32.9 Å². The van der Waals surface area contributed by atoms with Crippen molar-refractivity contribution >= 4 is 33.4 Å². The van der Waals surface area contributed by atoms with Gasteiger partial charge in [-0.15, -0.1) is 6.42 Å². The van der Waals surface area contributed by atoms with Crippen molar-refractivity contribution in [3.05, 3.63) is 41.5 Å². The van der Waals surface area contributed by atoms with E-state index in [-0.39, 0.29) is 74.9 Å². The molecule has 2 atom stereocenters. The fraction of sp³-hybridized carbons (Fsp3) is 0.487. The number of hydrogen-bond donors (Lipinski definition) is 2. The predicted molar refractivity (Wildman–Crippen MR) is 194 cm³/mol. The summed E-state index contributed by atoms with van der Waals surface area (Å²) in [6.45, 7) is 10.8. The minimum Gasteiger partial charge on any atom is -0.508 e. The Hall–Kier alpha value is -4.80. The Balaban J connectivity index is 1.24. The third kappa shape index (κ3) is 6.43. The molecule has 3 saturated heterocycles. The number of phenolic OH excluding ortho intramolecular Hbond substituents is 1. The third-order valence-electron chi connectivity index (χ3n) is 10.9. The Bertz CT molecular complexity index is 2100. The lowest BCUT2D eigenvalue weighted by Gasteiger charge is -2.36. The van der Waals surface area contributed by atoms with Crippen LogP contribution in [0.5, 0.6) is 17.6 Å². The van der Waals surface area contributed by atoms with Crippen LogP contribution in [-0.4, -0.2) is 106 Å². The van der Waals surface area contributed by atoms with Crippen LogP contribution in [0.4, 0.5) is 14.6 Å². The van der Waals surface area contributed by atoms with Gasteiger partial charge in [0.2, 0.25) is 11.8 Å². The van der Waals surface area contributed by atoms with Crippen LogP contribution in [0.15, 0.2) is 24.3 Å². The molecule has 0 radical (unpaired) electrons. The molecule has 2 unspecified atom stereocenters. The molecule has 0 spiro atoms. The number of anilines is 1. The van der Waals surface area contributed by atoms with E-state index in [1.54, 1.807) is 6.92 Å². The molecule has 2 aromatic heterocycles. The number of pyridine rings is 1. The van der Waals surface area contributed by atoms with E-state index in [0.717, 1.165) is 45.3 Å². The van der Waals surface area contributed by atoms with Crippen LogP contribution in [0, 0.1) is 29.4 Å². The van der Waals surface area contributed by atoms with Gasteiger partial charge in [-0.3, -0.25) is 9.69 Å². The van der Waals surface area contributed by atoms with Crippen LogP contribution < -0.4 is 19.7 Å². The second kappa shape index (κ2) is 13.3. The number of aromatic nitrogens is 3. The highest BCUT2D eigenvalue weighted by Gasteiger charge is 2.45. The summed E-state index contributed by atoms with van der Waals surface area (Å²) in [7, 11) is 0. The highest BCUT2D eigenvalue weighted by molar-refractivity contribution is 6.04. The fourth-order valence-corrected chi connectivity index (χ4v) is 8.04. The number of carbonyl (C=O) groups is 1. The molecule has 5 heterocycles. The molecule has 272 valence electrons. The van der Waals surface area contributed by atoms with E-state index in [4.69, 9.17) is 30.8 Å². The molecular formula is C39H43F2N7O4. The van der Waals surface area contributed by atoms with Crippen molar-refractivity contribution in [3.63, 3.8) is 0 Å². The van der Waals surface area contributed by atoms with E-state index in [9.17, 15) is 9.90 Å². The quantitative estimate of drug-likeness (QED) is 0.233. The molecule has 1 amide bonds. The highest BCUT2D eigenvalue weighted by Crippen LogP contribution is 2.47. The first-order valence-corrected chi connectivity index (χ1v) is 18.1. The number of phenols is 1. The topological polar surface area (TPSA) is 116 Å².